The minimum Gasteiger partial charge on any atom is -0.269 e. The maximum atomic E-state index is 6.15. The molecule has 0 spiro atoms. The maximum absolute atomic E-state index is 6.15. The highest BCUT2D eigenvalue weighted by molar-refractivity contribution is 6.66. The molecule has 0 saturated heterocycles. The van der Waals surface area contributed by atoms with Gasteiger partial charge in [-0.3, -0.25) is 4.99 Å². The van der Waals surface area contributed by atoms with E-state index in [1.54, 1.807) is 0 Å². The lowest BCUT2D eigenvalue weighted by molar-refractivity contribution is 0.592. The molecule has 0 N–H and O–H groups in total. The molecular weight excluding hydrogens is 206 g/mol. The summed E-state index contributed by atoms with van der Waals surface area (Å²) >= 11 is 6.15. The third-order valence-electron chi connectivity index (χ3n) is 2.21. The van der Waals surface area contributed by atoms with Crippen LogP contribution < -0.4 is 0 Å². The molecule has 0 saturated carbocycles. The molecule has 1 rings (SSSR count). The average Bonchev–Trinajstić information content (AvgIpc) is 2.17. The zero-order valence-electron chi connectivity index (χ0n) is 9.79. The van der Waals surface area contributed by atoms with Gasteiger partial charge >= 0.3 is 0 Å². The molecule has 1 aromatic rings. The number of hydrogen-bond donors (Lipinski definition) is 0. The predicted octanol–water partition coefficient (Wildman–Crippen LogP) is 4.43. The summed E-state index contributed by atoms with van der Waals surface area (Å²) in [6.45, 7) is 8.26. The van der Waals surface area contributed by atoms with E-state index in [9.17, 15) is 0 Å². The Labute approximate surface area is 97.2 Å². The Balaban J connectivity index is 2.84. The van der Waals surface area contributed by atoms with Crippen LogP contribution in [0.1, 0.15) is 39.3 Å². The van der Waals surface area contributed by atoms with E-state index >= 15 is 0 Å². The Morgan fingerprint density at radius 2 is 1.73 bits per heavy atom. The molecule has 1 aromatic carbocycles. The second kappa shape index (κ2) is 4.80. The molecule has 0 aliphatic carbocycles. The van der Waals surface area contributed by atoms with Crippen LogP contribution in [-0.2, 0) is 0 Å². The number of hydrogen-bond acceptors (Lipinski definition) is 1. The van der Waals surface area contributed by atoms with Crippen LogP contribution in [0.2, 0.25) is 0 Å². The first kappa shape index (κ1) is 12.3. The lowest BCUT2D eigenvalue weighted by Crippen LogP contribution is -2.15. The van der Waals surface area contributed by atoms with Crippen molar-refractivity contribution in [3.05, 3.63) is 35.9 Å². The third kappa shape index (κ3) is 3.67. The Kier molecular flexibility index (Phi) is 3.92. The van der Waals surface area contributed by atoms with Gasteiger partial charge in [-0.25, -0.2) is 0 Å². The van der Waals surface area contributed by atoms with Crippen LogP contribution >= 0.6 is 11.6 Å². The van der Waals surface area contributed by atoms with Crippen molar-refractivity contribution in [2.75, 3.05) is 0 Å². The number of rotatable bonds is 2. The molecule has 0 aromatic heterocycles. The van der Waals surface area contributed by atoms with Crippen LogP contribution in [0, 0.1) is 5.41 Å². The normalized spacial score (nSPS) is 15.1. The molecule has 0 aliphatic heterocycles. The fourth-order valence-electron chi connectivity index (χ4n) is 1.17. The van der Waals surface area contributed by atoms with Crippen molar-refractivity contribution < 1.29 is 0 Å². The molecule has 0 aliphatic rings. The van der Waals surface area contributed by atoms with Crippen LogP contribution in [0.5, 0.6) is 0 Å². The van der Waals surface area contributed by atoms with Crippen molar-refractivity contribution in [2.45, 2.75) is 33.7 Å². The molecule has 0 heterocycles. The van der Waals surface area contributed by atoms with Gasteiger partial charge < -0.3 is 0 Å². The summed E-state index contributed by atoms with van der Waals surface area (Å²) < 4.78 is 0. The average molecular weight is 224 g/mol. The summed E-state index contributed by atoms with van der Waals surface area (Å²) in [6, 6.07) is 10.3. The molecule has 0 unspecified atom stereocenters. The summed E-state index contributed by atoms with van der Waals surface area (Å²) in [5.74, 6) is 0. The van der Waals surface area contributed by atoms with Crippen molar-refractivity contribution in [3.63, 3.8) is 0 Å². The van der Waals surface area contributed by atoms with Crippen molar-refractivity contribution in [3.8, 4) is 0 Å². The van der Waals surface area contributed by atoms with Crippen molar-refractivity contribution in [2.24, 2.45) is 10.4 Å². The van der Waals surface area contributed by atoms with E-state index < -0.39 is 0 Å². The van der Waals surface area contributed by atoms with Crippen molar-refractivity contribution >= 4 is 16.8 Å². The highest BCUT2D eigenvalue weighted by Crippen LogP contribution is 2.24. The molecule has 0 amide bonds. The summed E-state index contributed by atoms with van der Waals surface area (Å²) in [5.41, 5.74) is 1.13. The number of benzene rings is 1. The van der Waals surface area contributed by atoms with E-state index in [-0.39, 0.29) is 11.5 Å². The summed E-state index contributed by atoms with van der Waals surface area (Å²) in [6.07, 6.45) is 0. The van der Waals surface area contributed by atoms with Gasteiger partial charge in [0.1, 0.15) is 5.17 Å². The summed E-state index contributed by atoms with van der Waals surface area (Å²) in [7, 11) is 0. The van der Waals surface area contributed by atoms with Crippen LogP contribution in [-0.4, -0.2) is 5.17 Å². The lowest BCUT2D eigenvalue weighted by atomic mass is 9.98. The Morgan fingerprint density at radius 3 is 2.20 bits per heavy atom. The number of nitrogens with zero attached hydrogens (tertiary/aromatic N) is 1. The third-order valence-corrected chi connectivity index (χ3v) is 2.87. The highest BCUT2D eigenvalue weighted by atomic mass is 35.5. The first-order valence-electron chi connectivity index (χ1n) is 5.20. The topological polar surface area (TPSA) is 12.4 Å². The van der Waals surface area contributed by atoms with Crippen molar-refractivity contribution in [1.82, 2.24) is 0 Å². The molecule has 15 heavy (non-hydrogen) atoms. The zero-order chi connectivity index (χ0) is 11.5. The van der Waals surface area contributed by atoms with Crippen LogP contribution in [0.3, 0.4) is 0 Å². The van der Waals surface area contributed by atoms with Gasteiger partial charge in [0, 0.05) is 5.41 Å². The molecular formula is C13H18ClN. The standard InChI is InChI=1S/C13H18ClN/c1-10(11-8-6-5-7-9-11)15-12(14)13(2,3)4/h5-10H,1-4H3/t10-/m0/s1. The quantitative estimate of drug-likeness (QED) is 0.658. The second-order valence-corrected chi connectivity index (χ2v) is 5.11. The van der Waals surface area contributed by atoms with Gasteiger partial charge in [0.15, 0.2) is 0 Å². The molecule has 1 atom stereocenters. The first-order chi connectivity index (χ1) is 6.91. The second-order valence-electron chi connectivity index (χ2n) is 4.76. The van der Waals surface area contributed by atoms with Gasteiger partial charge in [0.05, 0.1) is 6.04 Å². The zero-order valence-corrected chi connectivity index (χ0v) is 10.5. The lowest BCUT2D eigenvalue weighted by Gasteiger charge is -2.18. The monoisotopic (exact) mass is 223 g/mol. The number of aliphatic imine (C=N–C) groups is 1. The van der Waals surface area contributed by atoms with E-state index in [0.717, 1.165) is 0 Å². The van der Waals surface area contributed by atoms with E-state index in [0.29, 0.717) is 5.17 Å². The Hall–Kier alpha value is -0.820. The van der Waals surface area contributed by atoms with E-state index in [2.05, 4.69) is 44.8 Å². The fraction of sp³-hybridized carbons (Fsp3) is 0.462. The van der Waals surface area contributed by atoms with E-state index in [1.807, 2.05) is 18.2 Å². The Bertz CT molecular complexity index is 335. The molecule has 82 valence electrons. The molecule has 1 nitrogen and oxygen atoms in total. The number of halogens is 1. The molecule has 0 radical (unpaired) electrons. The van der Waals surface area contributed by atoms with E-state index in [4.69, 9.17) is 11.6 Å². The van der Waals surface area contributed by atoms with Gasteiger partial charge in [0.25, 0.3) is 0 Å². The van der Waals surface area contributed by atoms with Crippen molar-refractivity contribution in [1.29, 1.82) is 0 Å². The van der Waals surface area contributed by atoms with E-state index in [1.165, 1.54) is 5.56 Å². The first-order valence-corrected chi connectivity index (χ1v) is 5.58. The highest BCUT2D eigenvalue weighted by Gasteiger charge is 2.17. The van der Waals surface area contributed by atoms with Gasteiger partial charge in [-0.1, -0.05) is 62.7 Å². The van der Waals surface area contributed by atoms with Crippen LogP contribution in [0.4, 0.5) is 0 Å². The van der Waals surface area contributed by atoms with Gasteiger partial charge in [-0.2, -0.15) is 0 Å². The van der Waals surface area contributed by atoms with Crippen LogP contribution in [0.25, 0.3) is 0 Å². The van der Waals surface area contributed by atoms with Gasteiger partial charge in [-0.15, -0.1) is 0 Å². The van der Waals surface area contributed by atoms with Crippen LogP contribution in [0.15, 0.2) is 35.3 Å². The minimum atomic E-state index is -0.0649. The fourth-order valence-corrected chi connectivity index (χ4v) is 1.32. The Morgan fingerprint density at radius 1 is 1.20 bits per heavy atom. The molecule has 0 fully saturated rings. The largest absolute Gasteiger partial charge is 0.269 e. The smallest absolute Gasteiger partial charge is 0.106 e. The van der Waals surface area contributed by atoms with Gasteiger partial charge in [0.2, 0.25) is 0 Å². The molecule has 2 heteroatoms. The summed E-state index contributed by atoms with van der Waals surface area (Å²) in [5, 5.41) is 0.679. The molecule has 0 bridgehead atoms. The summed E-state index contributed by atoms with van der Waals surface area (Å²) in [4.78, 5) is 4.50. The minimum absolute atomic E-state index is 0.0649. The predicted molar refractivity (Wildman–Crippen MR) is 67.6 cm³/mol. The SMILES string of the molecule is C[C@H](N=C(Cl)C(C)(C)C)c1ccccc1. The van der Waals surface area contributed by atoms with Gasteiger partial charge in [-0.05, 0) is 12.5 Å². The maximum Gasteiger partial charge on any atom is 0.106 e.